The van der Waals surface area contributed by atoms with Gasteiger partial charge in [0.25, 0.3) is 5.91 Å². The zero-order valence-electron chi connectivity index (χ0n) is 10.7. The molecule has 5 heteroatoms. The van der Waals surface area contributed by atoms with E-state index in [9.17, 15) is 4.79 Å². The van der Waals surface area contributed by atoms with Crippen LogP contribution in [0.5, 0.6) is 0 Å². The SMILES string of the molecule is Cc1occc1C(=O)N1CCC(OCCN)CC1. The highest BCUT2D eigenvalue weighted by molar-refractivity contribution is 5.95. The number of furan rings is 1. The minimum absolute atomic E-state index is 0.0542. The molecule has 2 rings (SSSR count). The van der Waals surface area contributed by atoms with Gasteiger partial charge in [-0.1, -0.05) is 0 Å². The Bertz CT molecular complexity index is 395. The molecule has 0 radical (unpaired) electrons. The van der Waals surface area contributed by atoms with Crippen LogP contribution in [-0.2, 0) is 4.74 Å². The van der Waals surface area contributed by atoms with Gasteiger partial charge in [0.1, 0.15) is 5.76 Å². The molecule has 1 aromatic rings. The number of hydrogen-bond acceptors (Lipinski definition) is 4. The molecule has 0 bridgehead atoms. The summed E-state index contributed by atoms with van der Waals surface area (Å²) in [6.07, 6.45) is 3.55. The number of ether oxygens (including phenoxy) is 1. The molecule has 0 aromatic carbocycles. The lowest BCUT2D eigenvalue weighted by Crippen LogP contribution is -2.41. The molecular formula is C13H20N2O3. The summed E-state index contributed by atoms with van der Waals surface area (Å²) in [6.45, 7) is 4.43. The minimum Gasteiger partial charge on any atom is -0.469 e. The van der Waals surface area contributed by atoms with Crippen molar-refractivity contribution >= 4 is 5.91 Å². The largest absolute Gasteiger partial charge is 0.469 e. The highest BCUT2D eigenvalue weighted by atomic mass is 16.5. The molecule has 0 spiro atoms. The number of carbonyl (C=O) groups is 1. The second-order valence-electron chi connectivity index (χ2n) is 4.54. The van der Waals surface area contributed by atoms with Crippen molar-refractivity contribution in [2.75, 3.05) is 26.2 Å². The first-order chi connectivity index (χ1) is 8.72. The van der Waals surface area contributed by atoms with Gasteiger partial charge in [0.15, 0.2) is 0 Å². The molecular weight excluding hydrogens is 232 g/mol. The van der Waals surface area contributed by atoms with E-state index in [0.29, 0.717) is 24.5 Å². The highest BCUT2D eigenvalue weighted by Crippen LogP contribution is 2.18. The van der Waals surface area contributed by atoms with Gasteiger partial charge in [-0.3, -0.25) is 4.79 Å². The zero-order valence-corrected chi connectivity index (χ0v) is 10.7. The van der Waals surface area contributed by atoms with Crippen LogP contribution in [-0.4, -0.2) is 43.2 Å². The van der Waals surface area contributed by atoms with Crippen LogP contribution in [0.3, 0.4) is 0 Å². The van der Waals surface area contributed by atoms with Crippen molar-refractivity contribution in [1.82, 2.24) is 4.90 Å². The Balaban J connectivity index is 1.86. The molecule has 2 N–H and O–H groups in total. The molecule has 0 saturated carbocycles. The predicted octanol–water partition coefficient (Wildman–Crippen LogP) is 1.17. The minimum atomic E-state index is 0.0542. The number of nitrogens with zero attached hydrogens (tertiary/aromatic N) is 1. The molecule has 2 heterocycles. The first-order valence-electron chi connectivity index (χ1n) is 6.37. The van der Waals surface area contributed by atoms with E-state index in [1.54, 1.807) is 12.3 Å². The van der Waals surface area contributed by atoms with E-state index in [2.05, 4.69) is 0 Å². The standard InChI is InChI=1S/C13H20N2O3/c1-10-12(4-8-17-10)13(16)15-6-2-11(3-7-15)18-9-5-14/h4,8,11H,2-3,5-7,9,14H2,1H3. The number of nitrogens with two attached hydrogens (primary N) is 1. The third-order valence-corrected chi connectivity index (χ3v) is 3.29. The monoisotopic (exact) mass is 252 g/mol. The maximum Gasteiger partial charge on any atom is 0.257 e. The fourth-order valence-electron chi connectivity index (χ4n) is 2.24. The first-order valence-corrected chi connectivity index (χ1v) is 6.37. The van der Waals surface area contributed by atoms with Crippen LogP contribution in [0.25, 0.3) is 0 Å². The van der Waals surface area contributed by atoms with Crippen molar-refractivity contribution < 1.29 is 13.9 Å². The van der Waals surface area contributed by atoms with Gasteiger partial charge < -0.3 is 19.8 Å². The van der Waals surface area contributed by atoms with E-state index in [0.717, 1.165) is 25.9 Å². The fourth-order valence-corrected chi connectivity index (χ4v) is 2.24. The van der Waals surface area contributed by atoms with E-state index >= 15 is 0 Å². The summed E-state index contributed by atoms with van der Waals surface area (Å²) in [4.78, 5) is 14.1. The van der Waals surface area contributed by atoms with Gasteiger partial charge in [-0.25, -0.2) is 0 Å². The lowest BCUT2D eigenvalue weighted by atomic mass is 10.1. The molecule has 1 fully saturated rings. The summed E-state index contributed by atoms with van der Waals surface area (Å²) in [5.41, 5.74) is 6.07. The zero-order chi connectivity index (χ0) is 13.0. The molecule has 1 amide bonds. The number of aryl methyl sites for hydroxylation is 1. The normalized spacial score (nSPS) is 17.1. The average Bonchev–Trinajstić information content (AvgIpc) is 2.82. The summed E-state index contributed by atoms with van der Waals surface area (Å²) < 4.78 is 10.8. The second kappa shape index (κ2) is 6.02. The summed E-state index contributed by atoms with van der Waals surface area (Å²) >= 11 is 0. The number of carbonyl (C=O) groups excluding carboxylic acids is 1. The molecule has 1 aliphatic heterocycles. The van der Waals surface area contributed by atoms with Crippen LogP contribution < -0.4 is 5.73 Å². The second-order valence-corrected chi connectivity index (χ2v) is 4.54. The smallest absolute Gasteiger partial charge is 0.257 e. The van der Waals surface area contributed by atoms with Crippen molar-refractivity contribution in [3.8, 4) is 0 Å². The Morgan fingerprint density at radius 3 is 2.83 bits per heavy atom. The summed E-state index contributed by atoms with van der Waals surface area (Å²) in [7, 11) is 0. The van der Waals surface area contributed by atoms with Gasteiger partial charge >= 0.3 is 0 Å². The maximum absolute atomic E-state index is 12.2. The number of rotatable bonds is 4. The van der Waals surface area contributed by atoms with E-state index < -0.39 is 0 Å². The Morgan fingerprint density at radius 1 is 1.56 bits per heavy atom. The van der Waals surface area contributed by atoms with Crippen molar-refractivity contribution in [2.24, 2.45) is 5.73 Å². The van der Waals surface area contributed by atoms with Crippen LogP contribution in [0, 0.1) is 6.92 Å². The Morgan fingerprint density at radius 2 is 2.28 bits per heavy atom. The van der Waals surface area contributed by atoms with Crippen LogP contribution in [0.1, 0.15) is 29.0 Å². The molecule has 100 valence electrons. The quantitative estimate of drug-likeness (QED) is 0.873. The third kappa shape index (κ3) is 2.91. The highest BCUT2D eigenvalue weighted by Gasteiger charge is 2.25. The van der Waals surface area contributed by atoms with Crippen LogP contribution >= 0.6 is 0 Å². The number of likely N-dealkylation sites (tertiary alicyclic amines) is 1. The van der Waals surface area contributed by atoms with Gasteiger partial charge in [0.2, 0.25) is 0 Å². The Kier molecular flexibility index (Phi) is 4.38. The maximum atomic E-state index is 12.2. The molecule has 5 nitrogen and oxygen atoms in total. The molecule has 0 atom stereocenters. The van der Waals surface area contributed by atoms with Crippen LogP contribution in [0.2, 0.25) is 0 Å². The fraction of sp³-hybridized carbons (Fsp3) is 0.615. The molecule has 1 aliphatic rings. The van der Waals surface area contributed by atoms with Gasteiger partial charge in [0, 0.05) is 19.6 Å². The predicted molar refractivity (Wildman–Crippen MR) is 67.4 cm³/mol. The van der Waals surface area contributed by atoms with E-state index in [4.69, 9.17) is 14.9 Å². The molecule has 1 saturated heterocycles. The third-order valence-electron chi connectivity index (χ3n) is 3.29. The van der Waals surface area contributed by atoms with Crippen molar-refractivity contribution in [3.05, 3.63) is 23.7 Å². The first kappa shape index (κ1) is 13.1. The molecule has 0 aliphatic carbocycles. The van der Waals surface area contributed by atoms with E-state index in [1.807, 2.05) is 11.8 Å². The number of amides is 1. The van der Waals surface area contributed by atoms with E-state index in [-0.39, 0.29) is 12.0 Å². The van der Waals surface area contributed by atoms with Crippen molar-refractivity contribution in [1.29, 1.82) is 0 Å². The van der Waals surface area contributed by atoms with Crippen molar-refractivity contribution in [2.45, 2.75) is 25.9 Å². The topological polar surface area (TPSA) is 68.7 Å². The summed E-state index contributed by atoms with van der Waals surface area (Å²) in [6, 6.07) is 1.73. The number of hydrogen-bond donors (Lipinski definition) is 1. The molecule has 1 aromatic heterocycles. The lowest BCUT2D eigenvalue weighted by Gasteiger charge is -2.31. The average molecular weight is 252 g/mol. The van der Waals surface area contributed by atoms with Crippen molar-refractivity contribution in [3.63, 3.8) is 0 Å². The van der Waals surface area contributed by atoms with Gasteiger partial charge in [-0.15, -0.1) is 0 Å². The van der Waals surface area contributed by atoms with Gasteiger partial charge in [-0.05, 0) is 25.8 Å². The Hall–Kier alpha value is -1.33. The van der Waals surface area contributed by atoms with E-state index in [1.165, 1.54) is 0 Å². The lowest BCUT2D eigenvalue weighted by molar-refractivity contribution is 0.0121. The summed E-state index contributed by atoms with van der Waals surface area (Å²) in [5.74, 6) is 0.736. The summed E-state index contributed by atoms with van der Waals surface area (Å²) in [5, 5.41) is 0. The Labute approximate surface area is 107 Å². The van der Waals surface area contributed by atoms with Crippen LogP contribution in [0.4, 0.5) is 0 Å². The molecule has 18 heavy (non-hydrogen) atoms. The molecule has 0 unspecified atom stereocenters. The number of piperidine rings is 1. The van der Waals surface area contributed by atoms with Gasteiger partial charge in [0.05, 0.1) is 24.5 Å². The van der Waals surface area contributed by atoms with Gasteiger partial charge in [-0.2, -0.15) is 0 Å². The van der Waals surface area contributed by atoms with Crippen LogP contribution in [0.15, 0.2) is 16.7 Å².